The molecular formula is C46H49N3O12. The van der Waals surface area contributed by atoms with Gasteiger partial charge in [-0.15, -0.1) is 0 Å². The van der Waals surface area contributed by atoms with E-state index in [0.29, 0.717) is 22.9 Å². The van der Waals surface area contributed by atoms with Crippen molar-refractivity contribution in [3.63, 3.8) is 0 Å². The molecule has 0 saturated carbocycles. The lowest BCUT2D eigenvalue weighted by atomic mass is 9.89. The molecule has 0 radical (unpaired) electrons. The van der Waals surface area contributed by atoms with Crippen LogP contribution >= 0.6 is 0 Å². The molecule has 0 bridgehead atoms. The molecule has 15 nitrogen and oxygen atoms in total. The number of fused-ring (bicyclic) bond motifs is 2. The Balaban J connectivity index is 1.15. The van der Waals surface area contributed by atoms with E-state index in [1.54, 1.807) is 38.7 Å². The number of aliphatic hydroxyl groups excluding tert-OH is 2. The van der Waals surface area contributed by atoms with Crippen molar-refractivity contribution in [1.29, 1.82) is 0 Å². The molecular weight excluding hydrogens is 787 g/mol. The minimum atomic E-state index is -1.22. The number of carbonyl (C=O) groups is 2. The lowest BCUT2D eigenvalue weighted by Gasteiger charge is -2.30. The lowest BCUT2D eigenvalue weighted by molar-refractivity contribution is -0.385. The summed E-state index contributed by atoms with van der Waals surface area (Å²) in [5, 5.41) is 41.3. The molecule has 0 fully saturated rings. The Morgan fingerprint density at radius 3 is 1.75 bits per heavy atom. The Kier molecular flexibility index (Phi) is 14.8. The Bertz CT molecular complexity index is 2310. The van der Waals surface area contributed by atoms with Crippen LogP contribution in [0.15, 0.2) is 132 Å². The molecule has 1 aliphatic rings. The molecule has 320 valence electrons. The average Bonchev–Trinajstić information content (AvgIpc) is 3.23. The van der Waals surface area contributed by atoms with Crippen molar-refractivity contribution in [2.45, 2.75) is 51.9 Å². The molecule has 15 heteroatoms. The minimum absolute atomic E-state index is 0.0275. The summed E-state index contributed by atoms with van der Waals surface area (Å²) >= 11 is 0. The van der Waals surface area contributed by atoms with E-state index in [0.717, 1.165) is 21.5 Å². The van der Waals surface area contributed by atoms with Crippen LogP contribution in [0.5, 0.6) is 11.5 Å². The van der Waals surface area contributed by atoms with Gasteiger partial charge in [-0.2, -0.15) is 0 Å². The number of carbonyl (C=O) groups excluding carboxylic acids is 2. The van der Waals surface area contributed by atoms with Gasteiger partial charge in [0.2, 0.25) is 0 Å². The lowest BCUT2D eigenvalue weighted by Crippen LogP contribution is -2.43. The number of benzene rings is 5. The van der Waals surface area contributed by atoms with Crippen LogP contribution in [0.4, 0.5) is 15.3 Å². The zero-order chi connectivity index (χ0) is 43.5. The zero-order valence-corrected chi connectivity index (χ0v) is 34.3. The second-order valence-corrected chi connectivity index (χ2v) is 14.7. The number of rotatable bonds is 18. The predicted molar refractivity (Wildman–Crippen MR) is 227 cm³/mol. The van der Waals surface area contributed by atoms with Gasteiger partial charge in [0.1, 0.15) is 61.0 Å². The summed E-state index contributed by atoms with van der Waals surface area (Å²) in [5.41, 5.74) is 0.439. The molecule has 61 heavy (non-hydrogen) atoms. The largest absolute Gasteiger partial charge is 0.513 e. The molecule has 1 aliphatic heterocycles. The number of hydrogen-bond donors (Lipinski definition) is 3. The maximum atomic E-state index is 13.4. The van der Waals surface area contributed by atoms with E-state index in [1.165, 1.54) is 18.2 Å². The van der Waals surface area contributed by atoms with Gasteiger partial charge in [0.05, 0.1) is 22.4 Å². The van der Waals surface area contributed by atoms with Gasteiger partial charge in [0.25, 0.3) is 5.69 Å². The first-order valence-corrected chi connectivity index (χ1v) is 19.8. The van der Waals surface area contributed by atoms with Crippen molar-refractivity contribution in [2.75, 3.05) is 39.5 Å². The van der Waals surface area contributed by atoms with Crippen molar-refractivity contribution in [2.24, 2.45) is 0 Å². The fourth-order valence-electron chi connectivity index (χ4n) is 7.07. The molecule has 6 rings (SSSR count). The van der Waals surface area contributed by atoms with E-state index in [4.69, 9.17) is 28.4 Å². The average molecular weight is 836 g/mol. The molecule has 3 N–H and O–H groups in total. The minimum Gasteiger partial charge on any atom is -0.490 e. The zero-order valence-electron chi connectivity index (χ0n) is 34.3. The van der Waals surface area contributed by atoms with E-state index in [-0.39, 0.29) is 62.2 Å². The number of nitrogens with one attached hydrogen (secondary N) is 1. The van der Waals surface area contributed by atoms with Crippen molar-refractivity contribution in [3.8, 4) is 11.5 Å². The highest BCUT2D eigenvalue weighted by Gasteiger charge is 2.39. The number of dihydropyridines is 1. The third-order valence-corrected chi connectivity index (χ3v) is 9.73. The van der Waals surface area contributed by atoms with E-state index in [1.807, 2.05) is 84.9 Å². The highest BCUT2D eigenvalue weighted by atomic mass is 16.7. The van der Waals surface area contributed by atoms with Gasteiger partial charge >= 0.3 is 12.3 Å². The van der Waals surface area contributed by atoms with Crippen LogP contribution in [0, 0.1) is 10.1 Å². The molecule has 0 saturated heterocycles. The molecule has 1 heterocycles. The molecule has 0 spiro atoms. The van der Waals surface area contributed by atoms with Gasteiger partial charge in [-0.3, -0.25) is 15.0 Å². The second-order valence-electron chi connectivity index (χ2n) is 14.7. The van der Waals surface area contributed by atoms with E-state index < -0.39 is 41.5 Å². The number of nitro groups is 1. The number of ether oxygens (including phenoxy) is 6. The summed E-state index contributed by atoms with van der Waals surface area (Å²) < 4.78 is 34.1. The monoisotopic (exact) mass is 835 g/mol. The number of nitrogens with zero attached hydrogens (tertiary/aromatic N) is 2. The Hall–Kier alpha value is -6.68. The topological polar surface area (TPSA) is 188 Å². The normalized spacial score (nSPS) is 15.0. The van der Waals surface area contributed by atoms with Crippen LogP contribution in [0.3, 0.4) is 0 Å². The quantitative estimate of drug-likeness (QED) is 0.0438. The van der Waals surface area contributed by atoms with Crippen LogP contribution < -0.4 is 14.8 Å². The maximum absolute atomic E-state index is 13.4. The van der Waals surface area contributed by atoms with Gasteiger partial charge in [-0.1, -0.05) is 91.0 Å². The van der Waals surface area contributed by atoms with Crippen LogP contribution in [0.25, 0.3) is 21.5 Å². The number of allylic oxidation sites excluding steroid dienone is 2. The van der Waals surface area contributed by atoms with Crippen LogP contribution in [-0.2, 0) is 18.9 Å². The van der Waals surface area contributed by atoms with E-state index in [9.17, 15) is 29.9 Å². The van der Waals surface area contributed by atoms with E-state index >= 15 is 0 Å². The number of aliphatic hydroxyl groups is 2. The second kappa shape index (κ2) is 20.5. The van der Waals surface area contributed by atoms with Gasteiger partial charge in [-0.25, -0.2) is 9.59 Å². The van der Waals surface area contributed by atoms with Crippen LogP contribution in [-0.4, -0.2) is 90.1 Å². The summed E-state index contributed by atoms with van der Waals surface area (Å²) in [6, 6.07) is 32.6. The maximum Gasteiger partial charge on any atom is 0.513 e. The molecule has 3 atom stereocenters. The number of nitro benzene ring substituents is 1. The standard InChI is InChI=1S/C46H49N3O12/c1-29(2)59-46(53)61-44-31(4)47-30(3)43(42(44)38-19-9-10-20-39(38)49(54)55)60-45(52)56-24-23-48(25-34(50)27-57-40-21-11-15-32-13-5-7-17-36(32)40)26-35(51)28-58-41-22-12-16-33-14-6-8-18-37(33)41/h5-22,29,34-35,42,47,50-51H,23-28H2,1-4H3. The third-order valence-electron chi connectivity index (χ3n) is 9.73. The molecule has 0 aliphatic carbocycles. The first-order chi connectivity index (χ1) is 29.4. The van der Waals surface area contributed by atoms with E-state index in [2.05, 4.69) is 5.32 Å². The first kappa shape index (κ1) is 43.9. The highest BCUT2D eigenvalue weighted by Crippen LogP contribution is 2.43. The van der Waals surface area contributed by atoms with Crippen LogP contribution in [0.1, 0.15) is 39.2 Å². The molecule has 0 aromatic heterocycles. The summed E-state index contributed by atoms with van der Waals surface area (Å²) in [6.45, 7) is 6.21. The fourth-order valence-corrected chi connectivity index (χ4v) is 7.07. The van der Waals surface area contributed by atoms with Crippen molar-refractivity contribution >= 4 is 39.5 Å². The van der Waals surface area contributed by atoms with Crippen molar-refractivity contribution in [3.05, 3.63) is 148 Å². The smallest absolute Gasteiger partial charge is 0.490 e. The fraction of sp³-hybridized carbons (Fsp3) is 0.304. The Morgan fingerprint density at radius 1 is 0.721 bits per heavy atom. The third kappa shape index (κ3) is 11.5. The predicted octanol–water partition coefficient (Wildman–Crippen LogP) is 7.95. The molecule has 5 aromatic carbocycles. The van der Waals surface area contributed by atoms with Gasteiger partial charge in [0.15, 0.2) is 0 Å². The summed E-state index contributed by atoms with van der Waals surface area (Å²) in [4.78, 5) is 39.4. The number of hydrogen-bond acceptors (Lipinski definition) is 14. The Morgan fingerprint density at radius 2 is 1.21 bits per heavy atom. The van der Waals surface area contributed by atoms with Gasteiger partial charge in [-0.05, 0) is 50.6 Å². The summed E-state index contributed by atoms with van der Waals surface area (Å²) in [6.07, 6.45) is -4.76. The summed E-state index contributed by atoms with van der Waals surface area (Å²) in [7, 11) is 0. The van der Waals surface area contributed by atoms with Crippen LogP contribution in [0.2, 0.25) is 0 Å². The van der Waals surface area contributed by atoms with Gasteiger partial charge in [0, 0.05) is 42.0 Å². The molecule has 3 unspecified atom stereocenters. The van der Waals surface area contributed by atoms with Gasteiger partial charge < -0.3 is 44.0 Å². The summed E-state index contributed by atoms with van der Waals surface area (Å²) in [5.74, 6) is -0.181. The first-order valence-electron chi connectivity index (χ1n) is 19.8. The van der Waals surface area contributed by atoms with Crippen molar-refractivity contribution in [1.82, 2.24) is 10.2 Å². The molecule has 5 aromatic rings. The Labute approximate surface area is 352 Å². The molecule has 0 amide bonds. The number of para-hydroxylation sites is 1. The highest BCUT2D eigenvalue weighted by molar-refractivity contribution is 5.89. The van der Waals surface area contributed by atoms with Crippen molar-refractivity contribution < 1.29 is 53.1 Å². The SMILES string of the molecule is CC1=C(OC(=O)OCCN(CC(O)COc2cccc3ccccc23)CC(O)COc2cccc3ccccc23)C(c2ccccc2[N+](=O)[O-])C(OC(=O)OC(C)C)=C(C)N1.